The van der Waals surface area contributed by atoms with Crippen LogP contribution in [0.3, 0.4) is 0 Å². The molecule has 3 aromatic carbocycles. The Kier molecular flexibility index (Phi) is 21.2. The van der Waals surface area contributed by atoms with Gasteiger partial charge >= 0.3 is 14.7 Å². The number of hydrogen-bond acceptors (Lipinski definition) is 16. The number of ether oxygens (including phenoxy) is 1. The number of halogens is 2. The zero-order valence-corrected chi connectivity index (χ0v) is 51.9. The third kappa shape index (κ3) is 15.7. The quantitative estimate of drug-likeness (QED) is 0.0380. The Morgan fingerprint density at radius 1 is 0.890 bits per heavy atom. The summed E-state index contributed by atoms with van der Waals surface area (Å²) in [4.78, 5) is 163. The minimum atomic E-state index is -4.04. The first-order valence-corrected chi connectivity index (χ1v) is 32.7. The highest BCUT2D eigenvalue weighted by molar-refractivity contribution is 7.39. The van der Waals surface area contributed by atoms with E-state index in [2.05, 4.69) is 37.6 Å². The fraction of sp³-hybridized carbons (Fsp3) is 0.492. The first kappa shape index (κ1) is 66.1. The average Bonchev–Trinajstić information content (AvgIpc) is 1.78. The van der Waals surface area contributed by atoms with Crippen molar-refractivity contribution < 1.29 is 75.8 Å². The second-order valence-electron chi connectivity index (χ2n) is 23.7. The normalized spacial score (nSPS) is 21.5. The summed E-state index contributed by atoms with van der Waals surface area (Å²) in [5.74, 6) is 1.48. The average molecular weight is 1300 g/mol. The number of likely N-dealkylation sites (tertiary alicyclic amines) is 1. The number of nitrogens with zero attached hydrogens (tertiary/aromatic N) is 5. The van der Waals surface area contributed by atoms with Gasteiger partial charge in [0, 0.05) is 98.9 Å². The molecule has 8 N–H and O–H groups in total. The number of carbonyl (C=O) groups is 10. The van der Waals surface area contributed by atoms with Crippen molar-refractivity contribution in [2.75, 3.05) is 59.0 Å². The van der Waals surface area contributed by atoms with Gasteiger partial charge in [0.25, 0.3) is 17.7 Å². The van der Waals surface area contributed by atoms with Crippen LogP contribution >= 0.6 is 19.9 Å². The number of likely N-dealkylation sites (N-methyl/N-ethyl adjacent to an activating group) is 1. The van der Waals surface area contributed by atoms with Crippen LogP contribution in [-0.2, 0) is 61.9 Å². The minimum absolute atomic E-state index is 0.0131. The van der Waals surface area contributed by atoms with Crippen LogP contribution in [0.2, 0.25) is 0 Å². The number of amides is 10. The van der Waals surface area contributed by atoms with Crippen molar-refractivity contribution in [3.05, 3.63) is 105 Å². The van der Waals surface area contributed by atoms with Gasteiger partial charge in [0.1, 0.15) is 30.2 Å². The summed E-state index contributed by atoms with van der Waals surface area (Å²) in [7, 11) is -3.39. The number of primary amides is 1. The second-order valence-corrected chi connectivity index (χ2v) is 25.5. The number of nitrogens with one attached hydrogen (secondary N) is 4. The molecule has 1 aromatic heterocycles. The number of imide groups is 1. The first-order valence-electron chi connectivity index (χ1n) is 30.7. The number of benzene rings is 3. The Hall–Kier alpha value is -7.83. The van der Waals surface area contributed by atoms with E-state index in [1.165, 1.54) is 21.9 Å². The maximum absolute atomic E-state index is 14.8. The van der Waals surface area contributed by atoms with Crippen molar-refractivity contribution in [3.63, 3.8) is 0 Å². The lowest BCUT2D eigenvalue weighted by Crippen LogP contribution is -2.62. The number of fused-ring (bicyclic) bond motifs is 3. The summed E-state index contributed by atoms with van der Waals surface area (Å²) >= 11 is 0.982. The maximum atomic E-state index is 14.8. The van der Waals surface area contributed by atoms with Crippen LogP contribution in [0.25, 0.3) is 10.1 Å². The van der Waals surface area contributed by atoms with E-state index >= 15 is 0 Å². The van der Waals surface area contributed by atoms with Gasteiger partial charge in [-0.25, -0.2) is 4.52 Å². The largest absolute Gasteiger partial charge is 0.389 e. The van der Waals surface area contributed by atoms with Crippen LogP contribution in [0.5, 0.6) is 0 Å². The van der Waals surface area contributed by atoms with E-state index in [0.29, 0.717) is 112 Å². The van der Waals surface area contributed by atoms with Gasteiger partial charge in [0.2, 0.25) is 41.4 Å². The van der Waals surface area contributed by atoms with Crippen LogP contribution < -0.4 is 27.0 Å². The highest BCUT2D eigenvalue weighted by Crippen LogP contribution is 2.43. The van der Waals surface area contributed by atoms with Crippen molar-refractivity contribution in [1.82, 2.24) is 45.8 Å². The molecule has 7 heterocycles. The van der Waals surface area contributed by atoms with E-state index in [1.807, 2.05) is 17.9 Å². The summed E-state index contributed by atoms with van der Waals surface area (Å²) in [5, 5.41) is 11.1. The van der Waals surface area contributed by atoms with Crippen molar-refractivity contribution >= 4 is 89.1 Å². The monoisotopic (exact) mass is 1290 g/mol. The molecule has 5 saturated heterocycles. The maximum Gasteiger partial charge on any atom is 0.389 e. The smallest absolute Gasteiger partial charge is 0.378 e. The van der Waals surface area contributed by atoms with Gasteiger partial charge in [-0.3, -0.25) is 53.3 Å². The number of morpholine rings is 1. The molecule has 0 spiro atoms. The van der Waals surface area contributed by atoms with Gasteiger partial charge in [-0.05, 0) is 129 Å². The van der Waals surface area contributed by atoms with Crippen molar-refractivity contribution in [2.45, 2.75) is 133 Å². The number of nitrogens with two attached hydrogens (primary N) is 1. The lowest BCUT2D eigenvalue weighted by atomic mass is 9.91. The number of alkyl halides is 2. The van der Waals surface area contributed by atoms with Crippen molar-refractivity contribution in [1.29, 1.82) is 0 Å². The summed E-state index contributed by atoms with van der Waals surface area (Å²) in [5.41, 5.74) is 7.88. The summed E-state index contributed by atoms with van der Waals surface area (Å²) in [6.07, 6.45) is -0.653. The van der Waals surface area contributed by atoms with Crippen LogP contribution in [0, 0.1) is 17.8 Å². The van der Waals surface area contributed by atoms with Crippen LogP contribution in [-0.4, -0.2) is 189 Å². The Balaban J connectivity index is 0.814. The Labute approximate surface area is 528 Å². The summed E-state index contributed by atoms with van der Waals surface area (Å²) in [6.45, 7) is 5.62. The van der Waals surface area contributed by atoms with Gasteiger partial charge in [-0.1, -0.05) is 37.0 Å². The third-order valence-corrected chi connectivity index (χ3v) is 19.4. The Morgan fingerprint density at radius 3 is 2.36 bits per heavy atom. The summed E-state index contributed by atoms with van der Waals surface area (Å²) in [6, 6.07) is 10.8. The molecule has 6 aliphatic rings. The molecule has 24 nitrogen and oxygen atoms in total. The molecule has 1 unspecified atom stereocenters. The van der Waals surface area contributed by atoms with Gasteiger partial charge in [0.05, 0.1) is 23.7 Å². The summed E-state index contributed by atoms with van der Waals surface area (Å²) < 4.78 is 39.2. The number of hydrogen-bond donors (Lipinski definition) is 7. The molecule has 6 aliphatic heterocycles. The molecule has 0 radical (unpaired) electrons. The molecule has 0 saturated carbocycles. The zero-order valence-electron chi connectivity index (χ0n) is 50.2. The Bertz CT molecular complexity index is 3530. The predicted molar refractivity (Wildman–Crippen MR) is 327 cm³/mol. The fourth-order valence-corrected chi connectivity index (χ4v) is 14.1. The zero-order chi connectivity index (χ0) is 64.7. The standard InChI is InChI=1S/C63H73F2N10O14PS/c1-2-71-25-24-43-15-17-50(75(43)62(85)48(36-71)69-58(81)52-34-41-33-42(14-19-51(41)91-52)63(64,65)89-90(86)87)57(80)67-46(16-20-53(66)76)55(78)68-47(32-38-10-12-40(13-11-38)59(82)73-28-30-88-31-29-73)61(84)72-26-22-37(23-27-72)6-3-4-7-39-8-5-9-44-45(39)35-74(60(44)83)49-18-21-54(77)70-56(49)79/h5,8-14,19,33-34,37,43,46-50,86-87H,2-3,6,15-18,20-32,35-36H2,1H3,(H2,66,76)(H,67,80)(H,68,78)(H,69,81)(H,70,77,79)/t43-,46+,47+,48+,49?,50+/m1/s1. The predicted octanol–water partition coefficient (Wildman–Crippen LogP) is 3.14. The van der Waals surface area contributed by atoms with E-state index < -0.39 is 97.9 Å². The first-order chi connectivity index (χ1) is 43.6. The Morgan fingerprint density at radius 2 is 1.65 bits per heavy atom. The highest BCUT2D eigenvalue weighted by atomic mass is 32.1. The van der Waals surface area contributed by atoms with Gasteiger partial charge in [0.15, 0.2) is 0 Å². The van der Waals surface area contributed by atoms with E-state index in [0.717, 1.165) is 35.5 Å². The van der Waals surface area contributed by atoms with E-state index in [1.54, 1.807) is 46.2 Å². The minimum Gasteiger partial charge on any atom is -0.378 e. The molecule has 4 aromatic rings. The van der Waals surface area contributed by atoms with Gasteiger partial charge in [-0.15, -0.1) is 11.3 Å². The molecule has 0 bridgehead atoms. The number of carbonyl (C=O) groups excluding carboxylic acids is 10. The van der Waals surface area contributed by atoms with E-state index in [4.69, 9.17) is 20.3 Å². The molecule has 0 aliphatic carbocycles. The SMILES string of the molecule is CCN1CC[C@H]2CC[C@@H](C(=O)N[C@@H](CCC(N)=O)C(=O)N[C@@H](Cc3ccc(C(=O)N4CCOCC4)cc3)C(=O)N3CCC(CCC#Cc4cccc5c4CN(C4CCC(=O)NC4=O)C5=O)CC3)N2C(=O)[C@@H](NC(=O)c2cc3cc(C(F)(F)OP(O)O)ccc3s2)C1. The van der Waals surface area contributed by atoms with E-state index in [9.17, 15) is 56.7 Å². The van der Waals surface area contributed by atoms with Crippen LogP contribution in [0.4, 0.5) is 8.78 Å². The molecule has 6 atom stereocenters. The highest BCUT2D eigenvalue weighted by Gasteiger charge is 2.47. The van der Waals surface area contributed by atoms with E-state index in [-0.39, 0.29) is 85.5 Å². The van der Waals surface area contributed by atoms with Crippen LogP contribution in [0.15, 0.2) is 66.7 Å². The molecular weight excluding hydrogens is 1220 g/mol. The fourth-order valence-electron chi connectivity index (χ4n) is 12.9. The second kappa shape index (κ2) is 29.2. The van der Waals surface area contributed by atoms with Crippen molar-refractivity contribution in [2.24, 2.45) is 11.7 Å². The van der Waals surface area contributed by atoms with Gasteiger partial charge in [-0.2, -0.15) is 8.78 Å². The molecule has 28 heteroatoms. The number of thiophene rings is 1. The van der Waals surface area contributed by atoms with Gasteiger partial charge < -0.3 is 60.7 Å². The number of rotatable bonds is 20. The molecule has 10 rings (SSSR count). The molecule has 484 valence electrons. The molecular formula is C63H73F2N10O14PS. The lowest BCUT2D eigenvalue weighted by Gasteiger charge is -2.38. The van der Waals surface area contributed by atoms with Crippen LogP contribution in [0.1, 0.15) is 130 Å². The third-order valence-electron chi connectivity index (χ3n) is 17.9. The van der Waals surface area contributed by atoms with Crippen molar-refractivity contribution in [3.8, 4) is 11.8 Å². The topological polar surface area (TPSA) is 320 Å². The number of piperidine rings is 2. The molecule has 10 amide bonds. The molecule has 91 heavy (non-hydrogen) atoms. The molecule has 5 fully saturated rings. The lowest BCUT2D eigenvalue weighted by molar-refractivity contribution is -0.189.